The van der Waals surface area contributed by atoms with Crippen LogP contribution < -0.4 is 38.6 Å². The molecule has 2 rings (SSSR count). The number of carbonyl (C=O) groups excluding carboxylic acids is 1. The van der Waals surface area contributed by atoms with Gasteiger partial charge in [-0.3, -0.25) is 4.79 Å². The second-order valence-corrected chi connectivity index (χ2v) is 10.2. The van der Waals surface area contributed by atoms with E-state index in [-0.39, 0.29) is 35.9 Å². The Labute approximate surface area is 244 Å². The lowest BCUT2D eigenvalue weighted by Gasteiger charge is -2.18. The number of unbranched alkanes of at least 4 members (excludes halogenated alkanes) is 11. The summed E-state index contributed by atoms with van der Waals surface area (Å²) >= 11 is 0. The Bertz CT molecular complexity index is 887. The molecule has 1 N–H and O–H groups in total. The molecule has 208 valence electrons. The van der Waals surface area contributed by atoms with Crippen molar-refractivity contribution in [1.82, 2.24) is 5.32 Å². The van der Waals surface area contributed by atoms with Crippen LogP contribution >= 0.6 is 0 Å². The van der Waals surface area contributed by atoms with E-state index < -0.39 is 0 Å². The van der Waals surface area contributed by atoms with E-state index in [4.69, 9.17) is 4.74 Å². The number of hydrogen-bond donors (Lipinski definition) is 1. The van der Waals surface area contributed by atoms with E-state index in [0.717, 1.165) is 42.9 Å². The molecule has 0 bridgehead atoms. The van der Waals surface area contributed by atoms with Crippen molar-refractivity contribution < 1.29 is 38.1 Å². The van der Waals surface area contributed by atoms with E-state index in [1.54, 1.807) is 0 Å². The van der Waals surface area contributed by atoms with E-state index >= 15 is 0 Å². The van der Waals surface area contributed by atoms with Gasteiger partial charge in [-0.1, -0.05) is 96.6 Å². The number of benzene rings is 1. The largest absolute Gasteiger partial charge is 1.00 e. The fourth-order valence-electron chi connectivity index (χ4n) is 4.85. The number of hydrogen-bond acceptors (Lipinski definition) is 2. The smallest absolute Gasteiger partial charge is 0.316 e. The van der Waals surface area contributed by atoms with Gasteiger partial charge in [0, 0.05) is 18.6 Å². The summed E-state index contributed by atoms with van der Waals surface area (Å²) in [7, 11) is 0. The topological polar surface area (TPSA) is 42.2 Å². The van der Waals surface area contributed by atoms with Gasteiger partial charge in [0.15, 0.2) is 6.20 Å². The van der Waals surface area contributed by atoms with Gasteiger partial charge < -0.3 is 34.0 Å². The molecule has 0 radical (unpaired) electrons. The molecular weight excluding hydrogens is 571 g/mol. The van der Waals surface area contributed by atoms with Crippen LogP contribution in [0.5, 0.6) is 5.75 Å². The van der Waals surface area contributed by atoms with Crippen LogP contribution in [0.3, 0.4) is 0 Å². The third-order valence-electron chi connectivity index (χ3n) is 7.03. The zero-order valence-electron chi connectivity index (χ0n) is 23.9. The summed E-state index contributed by atoms with van der Waals surface area (Å²) in [6, 6.07) is 11.8. The highest BCUT2D eigenvalue weighted by molar-refractivity contribution is 5.91. The van der Waals surface area contributed by atoms with Gasteiger partial charge in [0.1, 0.15) is 12.3 Å². The second-order valence-electron chi connectivity index (χ2n) is 10.2. The first kappa shape index (κ1) is 33.4. The van der Waals surface area contributed by atoms with Crippen LogP contribution in [0, 0.1) is 6.92 Å². The van der Waals surface area contributed by atoms with Crippen molar-refractivity contribution >= 4 is 5.91 Å². The van der Waals surface area contributed by atoms with E-state index in [1.807, 2.05) is 48.0 Å². The average molecular weight is 623 g/mol. The molecular formula is C32H51IN2O2. The maximum Gasteiger partial charge on any atom is 0.316 e. The Morgan fingerprint density at radius 3 is 2.08 bits per heavy atom. The van der Waals surface area contributed by atoms with E-state index in [1.165, 1.54) is 70.6 Å². The van der Waals surface area contributed by atoms with E-state index in [2.05, 4.69) is 32.2 Å². The Morgan fingerprint density at radius 1 is 0.838 bits per heavy atom. The third kappa shape index (κ3) is 12.6. The summed E-state index contributed by atoms with van der Waals surface area (Å²) in [6.07, 6.45) is 19.1. The van der Waals surface area contributed by atoms with Crippen LogP contribution in [0.25, 0.3) is 0 Å². The van der Waals surface area contributed by atoms with Gasteiger partial charge in [0.25, 0.3) is 5.69 Å². The van der Waals surface area contributed by atoms with Crippen LogP contribution in [-0.2, 0) is 6.54 Å². The molecule has 1 amide bonds. The average Bonchev–Trinajstić information content (AvgIpc) is 2.88. The molecule has 1 atom stereocenters. The number of nitrogens with zero attached hydrogens (tertiary/aromatic N) is 1. The Balaban J connectivity index is 0.00000684. The highest BCUT2D eigenvalue weighted by atomic mass is 127. The number of carbonyl (C=O) groups is 1. The van der Waals surface area contributed by atoms with Gasteiger partial charge in [0.05, 0.1) is 12.6 Å². The first-order valence-electron chi connectivity index (χ1n) is 14.6. The number of aryl methyl sites for hydroxylation is 1. The van der Waals surface area contributed by atoms with Crippen LogP contribution in [0.15, 0.2) is 42.6 Å². The standard InChI is InChI=1S/C32H50N2O2.HI/c1-5-7-8-9-10-11-12-13-14-15-16-19-26-36-31-23-20-21-29(27(31)3)28(4)33-32(35)30-22-17-18-25-34(30)24-6-2;/h17-18,20-23,25,28H,5-16,19,24,26H2,1-4H3;1H. The molecule has 4 nitrogen and oxygen atoms in total. The zero-order chi connectivity index (χ0) is 26.0. The second kappa shape index (κ2) is 20.3. The molecule has 37 heavy (non-hydrogen) atoms. The van der Waals surface area contributed by atoms with Gasteiger partial charge in [-0.05, 0) is 43.5 Å². The molecule has 0 saturated heterocycles. The summed E-state index contributed by atoms with van der Waals surface area (Å²) in [5.74, 6) is 0.885. The lowest BCUT2D eigenvalue weighted by Crippen LogP contribution is -3.00. The molecule has 0 fully saturated rings. The summed E-state index contributed by atoms with van der Waals surface area (Å²) in [6.45, 7) is 10.1. The van der Waals surface area contributed by atoms with Gasteiger partial charge in [0.2, 0.25) is 0 Å². The Morgan fingerprint density at radius 2 is 1.46 bits per heavy atom. The molecule has 1 aromatic carbocycles. The predicted molar refractivity (Wildman–Crippen MR) is 151 cm³/mol. The number of amides is 1. The third-order valence-corrected chi connectivity index (χ3v) is 7.03. The number of rotatable bonds is 19. The molecule has 1 unspecified atom stereocenters. The SMILES string of the molecule is CCCCCCCCCCCCCCOc1cccc(C(C)NC(=O)c2cccc[n+]2CCC)c1C.[I-]. The van der Waals surface area contributed by atoms with Gasteiger partial charge >= 0.3 is 5.91 Å². The minimum Gasteiger partial charge on any atom is -1.00 e. The summed E-state index contributed by atoms with van der Waals surface area (Å²) < 4.78 is 8.16. The van der Waals surface area contributed by atoms with Crippen LogP contribution in [0.4, 0.5) is 0 Å². The molecule has 0 saturated carbocycles. The van der Waals surface area contributed by atoms with Crippen molar-refractivity contribution in [2.45, 2.75) is 124 Å². The molecule has 5 heteroatoms. The summed E-state index contributed by atoms with van der Waals surface area (Å²) in [4.78, 5) is 13.0. The monoisotopic (exact) mass is 622 g/mol. The van der Waals surface area contributed by atoms with Crippen molar-refractivity contribution in [1.29, 1.82) is 0 Å². The molecule has 1 aromatic heterocycles. The molecule has 0 aliphatic heterocycles. The Kier molecular flexibility index (Phi) is 18.4. The molecule has 0 aliphatic rings. The number of ether oxygens (including phenoxy) is 1. The highest BCUT2D eigenvalue weighted by Crippen LogP contribution is 2.26. The lowest BCUT2D eigenvalue weighted by atomic mass is 10.0. The summed E-state index contributed by atoms with van der Waals surface area (Å²) in [5, 5.41) is 3.18. The quantitative estimate of drug-likeness (QED) is 0.132. The highest BCUT2D eigenvalue weighted by Gasteiger charge is 2.21. The molecule has 0 aliphatic carbocycles. The maximum atomic E-state index is 13.0. The van der Waals surface area contributed by atoms with E-state index in [0.29, 0.717) is 5.69 Å². The number of aromatic nitrogens is 1. The van der Waals surface area contributed by atoms with Crippen molar-refractivity contribution in [3.63, 3.8) is 0 Å². The van der Waals surface area contributed by atoms with Crippen LogP contribution in [0.2, 0.25) is 0 Å². The van der Waals surface area contributed by atoms with Crippen molar-refractivity contribution in [2.24, 2.45) is 0 Å². The van der Waals surface area contributed by atoms with Gasteiger partial charge in [-0.15, -0.1) is 0 Å². The maximum absolute atomic E-state index is 13.0. The first-order valence-corrected chi connectivity index (χ1v) is 14.6. The van der Waals surface area contributed by atoms with Crippen LogP contribution in [-0.4, -0.2) is 12.5 Å². The molecule has 1 heterocycles. The minimum absolute atomic E-state index is 0. The van der Waals surface area contributed by atoms with Crippen molar-refractivity contribution in [3.8, 4) is 5.75 Å². The molecule has 2 aromatic rings. The zero-order valence-corrected chi connectivity index (χ0v) is 26.0. The van der Waals surface area contributed by atoms with Gasteiger partial charge in [-0.2, -0.15) is 4.57 Å². The van der Waals surface area contributed by atoms with Crippen LogP contribution in [0.1, 0.15) is 132 Å². The fraction of sp³-hybridized carbons (Fsp3) is 0.625. The van der Waals surface area contributed by atoms with Crippen molar-refractivity contribution in [3.05, 3.63) is 59.4 Å². The predicted octanol–water partition coefficient (Wildman–Crippen LogP) is 5.27. The normalized spacial score (nSPS) is 11.6. The Hall–Kier alpha value is -1.63. The molecule has 0 spiro atoms. The minimum atomic E-state index is -0.0945. The number of pyridine rings is 1. The van der Waals surface area contributed by atoms with Gasteiger partial charge in [-0.25, -0.2) is 0 Å². The number of halogens is 1. The first-order chi connectivity index (χ1) is 17.6. The van der Waals surface area contributed by atoms with E-state index in [9.17, 15) is 4.79 Å². The van der Waals surface area contributed by atoms with Crippen molar-refractivity contribution in [2.75, 3.05) is 6.61 Å². The number of nitrogens with one attached hydrogen (secondary N) is 1. The fourth-order valence-corrected chi connectivity index (χ4v) is 4.85. The summed E-state index contributed by atoms with van der Waals surface area (Å²) in [5.41, 5.74) is 2.91. The lowest BCUT2D eigenvalue weighted by molar-refractivity contribution is -0.698.